The molecular formula is C20H40O. The Morgan fingerprint density at radius 3 is 1.67 bits per heavy atom. The highest BCUT2D eigenvalue weighted by molar-refractivity contribution is 4.91. The third-order valence-corrected chi connectivity index (χ3v) is 4.59. The van der Waals surface area contributed by atoms with Gasteiger partial charge in [0, 0.05) is 0 Å². The maximum atomic E-state index is 9.98. The molecular weight excluding hydrogens is 256 g/mol. The molecule has 1 N–H and O–H groups in total. The lowest BCUT2D eigenvalue weighted by Crippen LogP contribution is -2.16. The van der Waals surface area contributed by atoms with Crippen molar-refractivity contribution in [2.75, 3.05) is 0 Å². The van der Waals surface area contributed by atoms with Crippen molar-refractivity contribution >= 4 is 0 Å². The van der Waals surface area contributed by atoms with Gasteiger partial charge in [0.2, 0.25) is 0 Å². The Kier molecular flexibility index (Phi) is 15.8. The van der Waals surface area contributed by atoms with Crippen molar-refractivity contribution in [1.82, 2.24) is 0 Å². The van der Waals surface area contributed by atoms with E-state index in [0.29, 0.717) is 5.92 Å². The normalized spacial score (nSPS) is 13.4. The number of allylic oxidation sites excluding steroid dienone is 1. The minimum atomic E-state index is -0.233. The molecule has 0 aliphatic rings. The smallest absolute Gasteiger partial charge is 0.0748 e. The van der Waals surface area contributed by atoms with Crippen LogP contribution in [0.25, 0.3) is 0 Å². The highest BCUT2D eigenvalue weighted by atomic mass is 16.3. The SMILES string of the molecule is CCCCCCCCCCCC/C=C/C(O)C(CC)CC. The maximum Gasteiger partial charge on any atom is 0.0748 e. The summed E-state index contributed by atoms with van der Waals surface area (Å²) < 4.78 is 0. The monoisotopic (exact) mass is 296 g/mol. The fourth-order valence-corrected chi connectivity index (χ4v) is 2.91. The molecule has 0 fully saturated rings. The fraction of sp³-hybridized carbons (Fsp3) is 0.900. The van der Waals surface area contributed by atoms with Gasteiger partial charge >= 0.3 is 0 Å². The van der Waals surface area contributed by atoms with Crippen molar-refractivity contribution < 1.29 is 5.11 Å². The van der Waals surface area contributed by atoms with E-state index in [1.54, 1.807) is 0 Å². The Bertz CT molecular complexity index is 218. The summed E-state index contributed by atoms with van der Waals surface area (Å²) in [5.74, 6) is 0.439. The minimum Gasteiger partial charge on any atom is -0.389 e. The first-order valence-corrected chi connectivity index (χ1v) is 9.60. The molecule has 0 heterocycles. The number of hydrogen-bond donors (Lipinski definition) is 1. The molecule has 0 aromatic rings. The summed E-state index contributed by atoms with van der Waals surface area (Å²) >= 11 is 0. The number of aliphatic hydroxyl groups excluding tert-OH is 1. The van der Waals surface area contributed by atoms with Gasteiger partial charge in [0.05, 0.1) is 6.10 Å². The minimum absolute atomic E-state index is 0.233. The van der Waals surface area contributed by atoms with Gasteiger partial charge < -0.3 is 5.11 Å². The first-order valence-electron chi connectivity index (χ1n) is 9.60. The molecule has 1 nitrogen and oxygen atoms in total. The molecule has 0 saturated heterocycles. The second kappa shape index (κ2) is 16.1. The Balaban J connectivity index is 3.32. The van der Waals surface area contributed by atoms with Gasteiger partial charge in [0.1, 0.15) is 0 Å². The van der Waals surface area contributed by atoms with E-state index >= 15 is 0 Å². The van der Waals surface area contributed by atoms with Gasteiger partial charge in [0.15, 0.2) is 0 Å². The molecule has 126 valence electrons. The molecule has 0 aliphatic carbocycles. The fourth-order valence-electron chi connectivity index (χ4n) is 2.91. The molecule has 0 saturated carbocycles. The summed E-state index contributed by atoms with van der Waals surface area (Å²) in [6.07, 6.45) is 21.1. The van der Waals surface area contributed by atoms with E-state index in [1.807, 2.05) is 6.08 Å². The Morgan fingerprint density at radius 2 is 1.19 bits per heavy atom. The standard InChI is InChI=1S/C20H40O/c1-4-7-8-9-10-11-12-13-14-15-16-17-18-20(21)19(5-2)6-3/h17-21H,4-16H2,1-3H3/b18-17+. The van der Waals surface area contributed by atoms with E-state index in [-0.39, 0.29) is 6.10 Å². The maximum absolute atomic E-state index is 9.98. The lowest BCUT2D eigenvalue weighted by atomic mass is 9.96. The predicted octanol–water partition coefficient (Wildman–Crippen LogP) is 6.65. The molecule has 0 aliphatic heterocycles. The number of rotatable bonds is 15. The van der Waals surface area contributed by atoms with E-state index in [1.165, 1.54) is 64.2 Å². The van der Waals surface area contributed by atoms with Crippen LogP contribution in [0, 0.1) is 5.92 Å². The van der Waals surface area contributed by atoms with Crippen LogP contribution in [-0.4, -0.2) is 11.2 Å². The average Bonchev–Trinajstić information content (AvgIpc) is 2.49. The van der Waals surface area contributed by atoms with E-state index in [2.05, 4.69) is 26.8 Å². The van der Waals surface area contributed by atoms with Crippen LogP contribution in [0.3, 0.4) is 0 Å². The molecule has 0 radical (unpaired) electrons. The molecule has 0 rings (SSSR count). The average molecular weight is 297 g/mol. The van der Waals surface area contributed by atoms with Crippen molar-refractivity contribution in [1.29, 1.82) is 0 Å². The van der Waals surface area contributed by atoms with Gasteiger partial charge in [-0.25, -0.2) is 0 Å². The summed E-state index contributed by atoms with van der Waals surface area (Å²) in [7, 11) is 0. The Hall–Kier alpha value is -0.300. The second-order valence-electron chi connectivity index (χ2n) is 6.47. The van der Waals surface area contributed by atoms with Crippen LogP contribution < -0.4 is 0 Å². The molecule has 0 amide bonds. The highest BCUT2D eigenvalue weighted by Gasteiger charge is 2.11. The molecule has 1 atom stereocenters. The van der Waals surface area contributed by atoms with Gasteiger partial charge in [-0.3, -0.25) is 0 Å². The van der Waals surface area contributed by atoms with Gasteiger partial charge in [-0.2, -0.15) is 0 Å². The first kappa shape index (κ1) is 20.7. The molecule has 21 heavy (non-hydrogen) atoms. The van der Waals surface area contributed by atoms with Gasteiger partial charge in [-0.1, -0.05) is 104 Å². The molecule has 0 aromatic carbocycles. The van der Waals surface area contributed by atoms with E-state index in [4.69, 9.17) is 0 Å². The van der Waals surface area contributed by atoms with Crippen molar-refractivity contribution in [3.8, 4) is 0 Å². The summed E-state index contributed by atoms with van der Waals surface area (Å²) in [6.45, 7) is 6.60. The van der Waals surface area contributed by atoms with E-state index in [0.717, 1.165) is 19.3 Å². The van der Waals surface area contributed by atoms with Crippen molar-refractivity contribution in [2.45, 2.75) is 110 Å². The van der Waals surface area contributed by atoms with Gasteiger partial charge in [-0.15, -0.1) is 0 Å². The van der Waals surface area contributed by atoms with Crippen LogP contribution in [0.5, 0.6) is 0 Å². The van der Waals surface area contributed by atoms with Crippen LogP contribution in [0.2, 0.25) is 0 Å². The zero-order valence-corrected chi connectivity index (χ0v) is 14.9. The molecule has 1 unspecified atom stereocenters. The van der Waals surface area contributed by atoms with Crippen LogP contribution in [-0.2, 0) is 0 Å². The summed E-state index contributed by atoms with van der Waals surface area (Å²) in [5.41, 5.74) is 0. The quantitative estimate of drug-likeness (QED) is 0.265. The van der Waals surface area contributed by atoms with E-state index < -0.39 is 0 Å². The third kappa shape index (κ3) is 13.1. The Morgan fingerprint density at radius 1 is 0.714 bits per heavy atom. The van der Waals surface area contributed by atoms with Crippen LogP contribution in [0.4, 0.5) is 0 Å². The Labute approximate surface area is 134 Å². The van der Waals surface area contributed by atoms with Gasteiger partial charge in [0.25, 0.3) is 0 Å². The summed E-state index contributed by atoms with van der Waals surface area (Å²) in [4.78, 5) is 0. The van der Waals surface area contributed by atoms with Crippen molar-refractivity contribution in [3.05, 3.63) is 12.2 Å². The van der Waals surface area contributed by atoms with Crippen LogP contribution in [0.15, 0.2) is 12.2 Å². The zero-order valence-electron chi connectivity index (χ0n) is 14.9. The lowest BCUT2D eigenvalue weighted by Gasteiger charge is -2.16. The highest BCUT2D eigenvalue weighted by Crippen LogP contribution is 2.15. The van der Waals surface area contributed by atoms with Crippen molar-refractivity contribution in [2.24, 2.45) is 5.92 Å². The molecule has 1 heteroatoms. The molecule has 0 bridgehead atoms. The molecule has 0 spiro atoms. The number of aliphatic hydroxyl groups is 1. The lowest BCUT2D eigenvalue weighted by molar-refractivity contribution is 0.146. The van der Waals surface area contributed by atoms with E-state index in [9.17, 15) is 5.11 Å². The second-order valence-corrected chi connectivity index (χ2v) is 6.47. The van der Waals surface area contributed by atoms with Gasteiger partial charge in [-0.05, 0) is 18.8 Å². The predicted molar refractivity (Wildman–Crippen MR) is 95.7 cm³/mol. The van der Waals surface area contributed by atoms with Crippen molar-refractivity contribution in [3.63, 3.8) is 0 Å². The molecule has 0 aromatic heterocycles. The number of hydrogen-bond acceptors (Lipinski definition) is 1. The number of unbranched alkanes of at least 4 members (excludes halogenated alkanes) is 10. The summed E-state index contributed by atoms with van der Waals surface area (Å²) in [5, 5.41) is 9.98. The zero-order chi connectivity index (χ0) is 15.8. The largest absolute Gasteiger partial charge is 0.389 e. The first-order chi connectivity index (χ1) is 10.3. The topological polar surface area (TPSA) is 20.2 Å². The summed E-state index contributed by atoms with van der Waals surface area (Å²) in [6, 6.07) is 0. The van der Waals surface area contributed by atoms with Crippen LogP contribution in [0.1, 0.15) is 104 Å². The van der Waals surface area contributed by atoms with Crippen LogP contribution >= 0.6 is 0 Å². The third-order valence-electron chi connectivity index (χ3n) is 4.59.